The SMILES string of the molecule is Cc1ccc(Br)c(C(=O)N2CCOC(C(=O)O)C2)c1. The van der Waals surface area contributed by atoms with Crippen LogP contribution in [0.5, 0.6) is 0 Å². The highest BCUT2D eigenvalue weighted by molar-refractivity contribution is 9.10. The first-order valence-corrected chi connectivity index (χ1v) is 6.68. The van der Waals surface area contributed by atoms with Crippen molar-refractivity contribution in [1.29, 1.82) is 0 Å². The number of aliphatic carboxylic acids is 1. The van der Waals surface area contributed by atoms with Gasteiger partial charge in [-0.1, -0.05) is 11.6 Å². The number of amides is 1. The summed E-state index contributed by atoms with van der Waals surface area (Å²) in [7, 11) is 0. The van der Waals surface area contributed by atoms with Crippen molar-refractivity contribution in [3.8, 4) is 0 Å². The normalized spacial score (nSPS) is 19.3. The third kappa shape index (κ3) is 3.13. The molecule has 1 aliphatic heterocycles. The fraction of sp³-hybridized carbons (Fsp3) is 0.385. The third-order valence-electron chi connectivity index (χ3n) is 2.98. The maximum absolute atomic E-state index is 12.4. The van der Waals surface area contributed by atoms with Crippen molar-refractivity contribution < 1.29 is 19.4 Å². The average molecular weight is 328 g/mol. The van der Waals surface area contributed by atoms with E-state index in [0.29, 0.717) is 16.6 Å². The van der Waals surface area contributed by atoms with Crippen LogP contribution in [-0.4, -0.2) is 47.7 Å². The predicted octanol–water partition coefficient (Wildman–Crippen LogP) is 1.68. The van der Waals surface area contributed by atoms with E-state index in [1.165, 1.54) is 4.90 Å². The van der Waals surface area contributed by atoms with Gasteiger partial charge in [-0.25, -0.2) is 4.79 Å². The number of hydrogen-bond donors (Lipinski definition) is 1. The number of carbonyl (C=O) groups is 2. The van der Waals surface area contributed by atoms with Gasteiger partial charge in [0.15, 0.2) is 6.10 Å². The van der Waals surface area contributed by atoms with E-state index < -0.39 is 12.1 Å². The molecule has 6 heteroatoms. The summed E-state index contributed by atoms with van der Waals surface area (Å²) in [5.74, 6) is -1.22. The van der Waals surface area contributed by atoms with Gasteiger partial charge in [0.25, 0.3) is 5.91 Å². The Hall–Kier alpha value is -1.40. The van der Waals surface area contributed by atoms with E-state index in [1.54, 1.807) is 6.07 Å². The summed E-state index contributed by atoms with van der Waals surface area (Å²) >= 11 is 3.35. The molecule has 0 radical (unpaired) electrons. The summed E-state index contributed by atoms with van der Waals surface area (Å²) in [6.45, 7) is 2.63. The van der Waals surface area contributed by atoms with Crippen LogP contribution in [0.2, 0.25) is 0 Å². The number of aryl methyl sites for hydroxylation is 1. The molecule has 1 aromatic rings. The third-order valence-corrected chi connectivity index (χ3v) is 3.67. The summed E-state index contributed by atoms with van der Waals surface area (Å²) in [5, 5.41) is 8.93. The number of halogens is 1. The molecular formula is C13H14BrNO4. The minimum atomic E-state index is -1.04. The van der Waals surface area contributed by atoms with Crippen molar-refractivity contribution in [3.05, 3.63) is 33.8 Å². The fourth-order valence-corrected chi connectivity index (χ4v) is 2.37. The molecule has 0 aliphatic carbocycles. The molecule has 2 rings (SSSR count). The molecule has 102 valence electrons. The molecule has 1 fully saturated rings. The zero-order valence-electron chi connectivity index (χ0n) is 10.4. The van der Waals surface area contributed by atoms with E-state index in [0.717, 1.165) is 5.56 Å². The maximum Gasteiger partial charge on any atom is 0.334 e. The molecule has 5 nitrogen and oxygen atoms in total. The Kier molecular flexibility index (Phi) is 4.21. The Morgan fingerprint density at radius 3 is 2.89 bits per heavy atom. The largest absolute Gasteiger partial charge is 0.479 e. The molecule has 0 bridgehead atoms. The zero-order chi connectivity index (χ0) is 14.0. The fourth-order valence-electron chi connectivity index (χ4n) is 1.96. The van der Waals surface area contributed by atoms with Gasteiger partial charge in [0, 0.05) is 11.0 Å². The van der Waals surface area contributed by atoms with Crippen LogP contribution in [0.3, 0.4) is 0 Å². The number of hydrogen-bond acceptors (Lipinski definition) is 3. The van der Waals surface area contributed by atoms with E-state index in [1.807, 2.05) is 19.1 Å². The maximum atomic E-state index is 12.4. The second-order valence-corrected chi connectivity index (χ2v) is 5.29. The van der Waals surface area contributed by atoms with Gasteiger partial charge in [-0.3, -0.25) is 4.79 Å². The van der Waals surface area contributed by atoms with Crippen LogP contribution in [0, 0.1) is 6.92 Å². The number of nitrogens with zero attached hydrogens (tertiary/aromatic N) is 1. The van der Waals surface area contributed by atoms with Crippen LogP contribution in [-0.2, 0) is 9.53 Å². The van der Waals surface area contributed by atoms with Crippen LogP contribution in [0.15, 0.2) is 22.7 Å². The number of carboxylic acid groups (broad SMARTS) is 1. The van der Waals surface area contributed by atoms with E-state index in [9.17, 15) is 9.59 Å². The smallest absolute Gasteiger partial charge is 0.334 e. The Balaban J connectivity index is 2.19. The molecule has 1 amide bonds. The Morgan fingerprint density at radius 1 is 1.47 bits per heavy atom. The highest BCUT2D eigenvalue weighted by Crippen LogP contribution is 2.21. The molecule has 19 heavy (non-hydrogen) atoms. The van der Waals surface area contributed by atoms with Crippen LogP contribution < -0.4 is 0 Å². The van der Waals surface area contributed by atoms with E-state index in [4.69, 9.17) is 9.84 Å². The van der Waals surface area contributed by atoms with Gasteiger partial charge in [-0.15, -0.1) is 0 Å². The number of carbonyl (C=O) groups excluding carboxylic acids is 1. The van der Waals surface area contributed by atoms with Crippen molar-refractivity contribution in [2.45, 2.75) is 13.0 Å². The van der Waals surface area contributed by atoms with Crippen LogP contribution in [0.4, 0.5) is 0 Å². The standard InChI is InChI=1S/C13H14BrNO4/c1-8-2-3-10(14)9(6-8)12(16)15-4-5-19-11(7-15)13(17)18/h2-3,6,11H,4-5,7H2,1H3,(H,17,18). The molecule has 1 heterocycles. The minimum absolute atomic E-state index is 0.0779. The average Bonchev–Trinajstić information content (AvgIpc) is 2.41. The van der Waals surface area contributed by atoms with Gasteiger partial charge in [-0.2, -0.15) is 0 Å². The highest BCUT2D eigenvalue weighted by atomic mass is 79.9. The summed E-state index contributed by atoms with van der Waals surface area (Å²) in [6.07, 6.45) is -0.943. The summed E-state index contributed by atoms with van der Waals surface area (Å²) < 4.78 is 5.81. The second-order valence-electron chi connectivity index (χ2n) is 4.43. The first-order valence-electron chi connectivity index (χ1n) is 5.89. The lowest BCUT2D eigenvalue weighted by Crippen LogP contribution is -2.48. The van der Waals surface area contributed by atoms with E-state index >= 15 is 0 Å². The zero-order valence-corrected chi connectivity index (χ0v) is 12.0. The first kappa shape index (κ1) is 14.0. The second kappa shape index (κ2) is 5.71. The number of rotatable bonds is 2. The number of morpholine rings is 1. The molecule has 0 aromatic heterocycles. The molecule has 1 aromatic carbocycles. The van der Waals surface area contributed by atoms with E-state index in [-0.39, 0.29) is 19.1 Å². The van der Waals surface area contributed by atoms with Crippen molar-refractivity contribution in [2.24, 2.45) is 0 Å². The molecule has 1 N–H and O–H groups in total. The topological polar surface area (TPSA) is 66.8 Å². The minimum Gasteiger partial charge on any atom is -0.479 e. The summed E-state index contributed by atoms with van der Waals surface area (Å²) in [5.41, 5.74) is 1.53. The van der Waals surface area contributed by atoms with Gasteiger partial charge < -0.3 is 14.7 Å². The van der Waals surface area contributed by atoms with Crippen LogP contribution in [0.25, 0.3) is 0 Å². The van der Waals surface area contributed by atoms with Crippen molar-refractivity contribution in [3.63, 3.8) is 0 Å². The van der Waals surface area contributed by atoms with Gasteiger partial charge in [-0.05, 0) is 35.0 Å². The van der Waals surface area contributed by atoms with Crippen molar-refractivity contribution in [2.75, 3.05) is 19.7 Å². The molecular weight excluding hydrogens is 314 g/mol. The lowest BCUT2D eigenvalue weighted by Gasteiger charge is -2.31. The van der Waals surface area contributed by atoms with Crippen LogP contribution in [0.1, 0.15) is 15.9 Å². The monoisotopic (exact) mass is 327 g/mol. The van der Waals surface area contributed by atoms with E-state index in [2.05, 4.69) is 15.9 Å². The highest BCUT2D eigenvalue weighted by Gasteiger charge is 2.30. The first-order chi connectivity index (χ1) is 8.99. The summed E-state index contributed by atoms with van der Waals surface area (Å²) in [6, 6.07) is 5.51. The lowest BCUT2D eigenvalue weighted by molar-refractivity contribution is -0.154. The number of benzene rings is 1. The summed E-state index contributed by atoms with van der Waals surface area (Å²) in [4.78, 5) is 24.8. The Morgan fingerprint density at radius 2 is 2.21 bits per heavy atom. The Labute approximate surface area is 119 Å². The lowest BCUT2D eigenvalue weighted by atomic mass is 10.1. The number of ether oxygens (including phenoxy) is 1. The molecule has 1 atom stereocenters. The molecule has 1 saturated heterocycles. The predicted molar refractivity (Wildman–Crippen MR) is 72.2 cm³/mol. The van der Waals surface area contributed by atoms with Gasteiger partial charge in [0.05, 0.1) is 18.7 Å². The Bertz CT molecular complexity index is 517. The van der Waals surface area contributed by atoms with Crippen molar-refractivity contribution >= 4 is 27.8 Å². The molecule has 1 aliphatic rings. The van der Waals surface area contributed by atoms with Gasteiger partial charge in [0.2, 0.25) is 0 Å². The number of carboxylic acids is 1. The van der Waals surface area contributed by atoms with Crippen molar-refractivity contribution in [1.82, 2.24) is 4.90 Å². The van der Waals surface area contributed by atoms with Crippen LogP contribution >= 0.6 is 15.9 Å². The quantitative estimate of drug-likeness (QED) is 0.897. The molecule has 0 saturated carbocycles. The van der Waals surface area contributed by atoms with Gasteiger partial charge >= 0.3 is 5.97 Å². The molecule has 0 spiro atoms. The van der Waals surface area contributed by atoms with Gasteiger partial charge in [0.1, 0.15) is 0 Å². The molecule has 1 unspecified atom stereocenters.